The first-order valence-electron chi connectivity index (χ1n) is 8.83. The molecular weight excluding hydrogens is 444 g/mol. The highest BCUT2D eigenvalue weighted by Crippen LogP contribution is 2.40. The van der Waals surface area contributed by atoms with E-state index in [1.807, 2.05) is 0 Å². The summed E-state index contributed by atoms with van der Waals surface area (Å²) in [7, 11) is 0. The molecule has 2 nitrogen and oxygen atoms in total. The van der Waals surface area contributed by atoms with E-state index in [1.54, 1.807) is 13.0 Å². The highest BCUT2D eigenvalue weighted by Gasteiger charge is 2.35. The summed E-state index contributed by atoms with van der Waals surface area (Å²) in [6.45, 7) is 1.59. The lowest BCUT2D eigenvalue weighted by Gasteiger charge is -2.17. The molecule has 0 aromatic heterocycles. The average Bonchev–Trinajstić information content (AvgIpc) is 2.69. The van der Waals surface area contributed by atoms with Gasteiger partial charge in [0.25, 0.3) is 5.91 Å². The topological polar surface area (TPSA) is 29.1 Å². The molecular formula is C22H14ClF6NO. The lowest BCUT2D eigenvalue weighted by molar-refractivity contribution is -0.137. The third-order valence-corrected chi connectivity index (χ3v) is 5.01. The van der Waals surface area contributed by atoms with Crippen molar-refractivity contribution in [1.82, 2.24) is 0 Å². The Bertz CT molecular complexity index is 1140. The Morgan fingerprint density at radius 1 is 0.871 bits per heavy atom. The van der Waals surface area contributed by atoms with Gasteiger partial charge in [0.05, 0.1) is 11.1 Å². The van der Waals surface area contributed by atoms with E-state index in [2.05, 4.69) is 5.32 Å². The number of amides is 1. The van der Waals surface area contributed by atoms with E-state index in [1.165, 1.54) is 18.2 Å². The van der Waals surface area contributed by atoms with Gasteiger partial charge >= 0.3 is 12.4 Å². The van der Waals surface area contributed by atoms with Gasteiger partial charge < -0.3 is 5.32 Å². The normalized spacial score (nSPS) is 12.0. The molecule has 0 fully saturated rings. The first-order valence-corrected chi connectivity index (χ1v) is 9.21. The van der Waals surface area contributed by atoms with E-state index in [0.29, 0.717) is 22.7 Å². The molecule has 1 amide bonds. The predicted octanol–water partition coefficient (Wildman–Crippen LogP) is 7.61. The molecule has 0 heterocycles. The standard InChI is InChI=1S/C22H14ClF6NO/c1-12-16(6-3-7-19(12)23)20(31)30-15-8-9-17(18(11-15)22(27,28)29)13-4-2-5-14(10-13)21(24,25)26/h2-11H,1H3,(H,30,31). The molecule has 162 valence electrons. The summed E-state index contributed by atoms with van der Waals surface area (Å²) in [6, 6.07) is 11.1. The van der Waals surface area contributed by atoms with Crippen LogP contribution in [-0.2, 0) is 12.4 Å². The zero-order valence-corrected chi connectivity index (χ0v) is 16.6. The number of anilines is 1. The fourth-order valence-electron chi connectivity index (χ4n) is 3.02. The van der Waals surface area contributed by atoms with Crippen molar-refractivity contribution in [1.29, 1.82) is 0 Å². The summed E-state index contributed by atoms with van der Waals surface area (Å²) in [5.41, 5.74) is -2.44. The molecule has 0 bridgehead atoms. The maximum absolute atomic E-state index is 13.7. The van der Waals surface area contributed by atoms with Crippen molar-refractivity contribution < 1.29 is 31.1 Å². The van der Waals surface area contributed by atoms with Crippen LogP contribution in [0.25, 0.3) is 11.1 Å². The Labute approximate surface area is 178 Å². The zero-order chi connectivity index (χ0) is 23.0. The minimum atomic E-state index is -4.86. The Balaban J connectivity index is 2.02. The maximum Gasteiger partial charge on any atom is 0.417 e. The van der Waals surface area contributed by atoms with Gasteiger partial charge in [-0.15, -0.1) is 0 Å². The minimum Gasteiger partial charge on any atom is -0.322 e. The van der Waals surface area contributed by atoms with Gasteiger partial charge in [-0.2, -0.15) is 26.3 Å². The van der Waals surface area contributed by atoms with Crippen LogP contribution >= 0.6 is 11.6 Å². The second-order valence-corrected chi connectivity index (χ2v) is 7.11. The van der Waals surface area contributed by atoms with E-state index in [-0.39, 0.29) is 16.8 Å². The first kappa shape index (κ1) is 22.7. The largest absolute Gasteiger partial charge is 0.417 e. The minimum absolute atomic E-state index is 0.160. The molecule has 3 aromatic carbocycles. The molecule has 0 radical (unpaired) electrons. The number of halogens is 7. The summed E-state index contributed by atoms with van der Waals surface area (Å²) in [5.74, 6) is -0.667. The van der Waals surface area contributed by atoms with E-state index >= 15 is 0 Å². The molecule has 0 aliphatic heterocycles. The zero-order valence-electron chi connectivity index (χ0n) is 15.8. The van der Waals surface area contributed by atoms with Crippen molar-refractivity contribution in [3.8, 4) is 11.1 Å². The summed E-state index contributed by atoms with van der Waals surface area (Å²) >= 11 is 5.97. The van der Waals surface area contributed by atoms with Gasteiger partial charge in [-0.25, -0.2) is 0 Å². The fourth-order valence-corrected chi connectivity index (χ4v) is 3.20. The number of benzene rings is 3. The summed E-state index contributed by atoms with van der Waals surface area (Å²) < 4.78 is 79.9. The lowest BCUT2D eigenvalue weighted by Crippen LogP contribution is -2.15. The molecule has 1 N–H and O–H groups in total. The fraction of sp³-hybridized carbons (Fsp3) is 0.136. The molecule has 0 unspecified atom stereocenters. The van der Waals surface area contributed by atoms with E-state index in [4.69, 9.17) is 11.6 Å². The van der Waals surface area contributed by atoms with Crippen molar-refractivity contribution in [2.24, 2.45) is 0 Å². The van der Waals surface area contributed by atoms with Crippen LogP contribution in [0.4, 0.5) is 32.0 Å². The third kappa shape index (κ3) is 5.02. The molecule has 0 atom stereocenters. The van der Waals surface area contributed by atoms with Crippen LogP contribution in [0.1, 0.15) is 27.0 Å². The summed E-state index contributed by atoms with van der Waals surface area (Å²) in [6.07, 6.45) is -9.56. The van der Waals surface area contributed by atoms with Crippen molar-refractivity contribution in [3.63, 3.8) is 0 Å². The quantitative estimate of drug-likeness (QED) is 0.403. The van der Waals surface area contributed by atoms with Gasteiger partial charge in [0.1, 0.15) is 0 Å². The highest BCUT2D eigenvalue weighted by atomic mass is 35.5. The van der Waals surface area contributed by atoms with Crippen LogP contribution in [-0.4, -0.2) is 5.91 Å². The number of hydrogen-bond donors (Lipinski definition) is 1. The number of carbonyl (C=O) groups is 1. The average molecular weight is 458 g/mol. The molecule has 31 heavy (non-hydrogen) atoms. The Hall–Kier alpha value is -3.00. The molecule has 0 spiro atoms. The number of alkyl halides is 6. The van der Waals surface area contributed by atoms with Gasteiger partial charge in [-0.1, -0.05) is 35.9 Å². The molecule has 0 aliphatic carbocycles. The van der Waals surface area contributed by atoms with Crippen molar-refractivity contribution in [2.75, 3.05) is 5.32 Å². The van der Waals surface area contributed by atoms with E-state index in [0.717, 1.165) is 24.3 Å². The number of hydrogen-bond acceptors (Lipinski definition) is 1. The molecule has 3 rings (SSSR count). The number of carbonyl (C=O) groups excluding carboxylic acids is 1. The van der Waals surface area contributed by atoms with E-state index < -0.39 is 35.0 Å². The van der Waals surface area contributed by atoms with Crippen LogP contribution in [0.5, 0.6) is 0 Å². The smallest absolute Gasteiger partial charge is 0.322 e. The first-order chi connectivity index (χ1) is 14.4. The SMILES string of the molecule is Cc1c(Cl)cccc1C(=O)Nc1ccc(-c2cccc(C(F)(F)F)c2)c(C(F)(F)F)c1. The molecule has 0 aliphatic rings. The van der Waals surface area contributed by atoms with Crippen LogP contribution < -0.4 is 5.32 Å². The second-order valence-electron chi connectivity index (χ2n) is 6.70. The van der Waals surface area contributed by atoms with Crippen LogP contribution in [0, 0.1) is 6.92 Å². The summed E-state index contributed by atoms with van der Waals surface area (Å²) in [5, 5.41) is 2.70. The molecule has 0 saturated heterocycles. The second kappa shape index (κ2) is 8.26. The lowest BCUT2D eigenvalue weighted by atomic mass is 9.97. The van der Waals surface area contributed by atoms with Crippen molar-refractivity contribution in [2.45, 2.75) is 19.3 Å². The van der Waals surface area contributed by atoms with E-state index in [9.17, 15) is 31.1 Å². The van der Waals surface area contributed by atoms with Gasteiger partial charge in [0.15, 0.2) is 0 Å². The summed E-state index contributed by atoms with van der Waals surface area (Å²) in [4.78, 5) is 12.5. The van der Waals surface area contributed by atoms with Crippen LogP contribution in [0.3, 0.4) is 0 Å². The van der Waals surface area contributed by atoms with Gasteiger partial charge in [-0.3, -0.25) is 4.79 Å². The number of rotatable bonds is 3. The maximum atomic E-state index is 13.7. The van der Waals surface area contributed by atoms with Crippen LogP contribution in [0.2, 0.25) is 5.02 Å². The van der Waals surface area contributed by atoms with Gasteiger partial charge in [0.2, 0.25) is 0 Å². The molecule has 0 saturated carbocycles. The van der Waals surface area contributed by atoms with Crippen LogP contribution in [0.15, 0.2) is 60.7 Å². The third-order valence-electron chi connectivity index (χ3n) is 4.60. The number of nitrogens with one attached hydrogen (secondary N) is 1. The molecule has 3 aromatic rings. The van der Waals surface area contributed by atoms with Crippen molar-refractivity contribution >= 4 is 23.2 Å². The van der Waals surface area contributed by atoms with Gasteiger partial charge in [-0.05, 0) is 60.0 Å². The van der Waals surface area contributed by atoms with Crippen molar-refractivity contribution in [3.05, 3.63) is 87.9 Å². The van der Waals surface area contributed by atoms with Gasteiger partial charge in [0, 0.05) is 16.3 Å². The highest BCUT2D eigenvalue weighted by molar-refractivity contribution is 6.32. The molecule has 9 heteroatoms. The Morgan fingerprint density at radius 3 is 2.19 bits per heavy atom. The Morgan fingerprint density at radius 2 is 1.55 bits per heavy atom. The predicted molar refractivity (Wildman–Crippen MR) is 106 cm³/mol. The monoisotopic (exact) mass is 457 g/mol. The Kier molecular flexibility index (Phi) is 6.04.